The third-order valence-corrected chi connectivity index (χ3v) is 9.16. The number of nitrogens with zero attached hydrogens (tertiary/aromatic N) is 1. The molecule has 142 valence electrons. The maximum absolute atomic E-state index is 12.8. The van der Waals surface area contributed by atoms with Crippen LogP contribution in [0.15, 0.2) is 24.3 Å². The van der Waals surface area contributed by atoms with E-state index in [0.29, 0.717) is 11.3 Å². The van der Waals surface area contributed by atoms with E-state index in [1.807, 2.05) is 0 Å². The minimum atomic E-state index is -0.426. The number of amides is 3. The second-order valence-electron chi connectivity index (χ2n) is 7.45. The zero-order chi connectivity index (χ0) is 19.5. The van der Waals surface area contributed by atoms with Crippen LogP contribution in [0.3, 0.4) is 0 Å². The van der Waals surface area contributed by atoms with E-state index in [9.17, 15) is 19.2 Å². The van der Waals surface area contributed by atoms with E-state index in [4.69, 9.17) is 0 Å². The van der Waals surface area contributed by atoms with Gasteiger partial charge in [0, 0.05) is 20.9 Å². The van der Waals surface area contributed by atoms with Crippen LogP contribution in [0.25, 0.3) is 0 Å². The summed E-state index contributed by atoms with van der Waals surface area (Å²) in [6.07, 6.45) is 0.862. The predicted molar refractivity (Wildman–Crippen MR) is 106 cm³/mol. The molecule has 4 rings (SSSR count). The molecule has 2 bridgehead atoms. The first kappa shape index (κ1) is 18.8. The number of carbonyl (C=O) groups excluding carboxylic acids is 4. The maximum atomic E-state index is 12.8. The zero-order valence-corrected chi connectivity index (χ0v) is 17.7. The highest BCUT2D eigenvalue weighted by atomic mass is 79.9. The summed E-state index contributed by atoms with van der Waals surface area (Å²) in [7, 11) is 0. The van der Waals surface area contributed by atoms with Gasteiger partial charge in [-0.2, -0.15) is 0 Å². The van der Waals surface area contributed by atoms with Crippen molar-refractivity contribution in [3.05, 3.63) is 29.8 Å². The molecule has 0 unspecified atom stereocenters. The summed E-state index contributed by atoms with van der Waals surface area (Å²) in [6, 6.07) is 6.50. The first-order valence-corrected chi connectivity index (χ1v) is 10.7. The molecule has 0 radical (unpaired) electrons. The minimum absolute atomic E-state index is 0.0579. The smallest absolute Gasteiger partial charge is 0.244 e. The number of alkyl halides is 2. The van der Waals surface area contributed by atoms with Gasteiger partial charge in [0.05, 0.1) is 11.8 Å². The van der Waals surface area contributed by atoms with Crippen LogP contribution < -0.4 is 5.32 Å². The molecule has 3 aliphatic rings. The van der Waals surface area contributed by atoms with Crippen molar-refractivity contribution in [1.82, 2.24) is 4.90 Å². The summed E-state index contributed by atoms with van der Waals surface area (Å²) in [6.45, 7) is 1.19. The van der Waals surface area contributed by atoms with Gasteiger partial charge in [-0.05, 0) is 49.4 Å². The number of ketones is 1. The standard InChI is InChI=1S/C19H18Br2N2O4/c1-8(24)9-2-4-10(5-3-9)22-13(25)7-23-18(26)14-11-6-12(15(14)19(23)27)17(21)16(11)20/h2-5,11-12,14-17H,6-7H2,1H3,(H,22,25)/t11-,12-,14-,15-,16-,17+/m1/s1. The Morgan fingerprint density at radius 3 is 2.04 bits per heavy atom. The minimum Gasteiger partial charge on any atom is -0.325 e. The van der Waals surface area contributed by atoms with E-state index in [-0.39, 0.29) is 57.5 Å². The number of Topliss-reactive ketones (excluding diaryl/α,β-unsaturated/α-hetero) is 1. The van der Waals surface area contributed by atoms with Crippen LogP contribution in [0.5, 0.6) is 0 Å². The molecule has 1 aromatic rings. The van der Waals surface area contributed by atoms with E-state index in [1.165, 1.54) is 6.92 Å². The second kappa shape index (κ2) is 6.81. The van der Waals surface area contributed by atoms with Gasteiger partial charge in [-0.15, -0.1) is 0 Å². The van der Waals surface area contributed by atoms with E-state index >= 15 is 0 Å². The van der Waals surface area contributed by atoms with Crippen molar-refractivity contribution in [2.45, 2.75) is 23.0 Å². The number of hydrogen-bond donors (Lipinski definition) is 1. The van der Waals surface area contributed by atoms with E-state index in [2.05, 4.69) is 37.2 Å². The zero-order valence-electron chi connectivity index (χ0n) is 14.5. The Morgan fingerprint density at radius 1 is 1.04 bits per heavy atom. The highest BCUT2D eigenvalue weighted by molar-refractivity contribution is 9.12. The lowest BCUT2D eigenvalue weighted by molar-refractivity contribution is -0.143. The normalized spacial score (nSPS) is 34.1. The van der Waals surface area contributed by atoms with Gasteiger partial charge in [0.1, 0.15) is 6.54 Å². The van der Waals surface area contributed by atoms with Crippen molar-refractivity contribution in [2.24, 2.45) is 23.7 Å². The van der Waals surface area contributed by atoms with Crippen LogP contribution in [-0.2, 0) is 14.4 Å². The summed E-state index contributed by atoms with van der Waals surface area (Å²) >= 11 is 7.29. The van der Waals surface area contributed by atoms with Crippen LogP contribution in [-0.4, -0.2) is 44.6 Å². The molecule has 8 heteroatoms. The third kappa shape index (κ3) is 2.97. The largest absolute Gasteiger partial charge is 0.325 e. The molecule has 1 N–H and O–H groups in total. The number of anilines is 1. The number of likely N-dealkylation sites (tertiary alicyclic amines) is 1. The summed E-state index contributed by atoms with van der Waals surface area (Å²) in [4.78, 5) is 50.7. The Kier molecular flexibility index (Phi) is 4.74. The molecule has 2 aliphatic carbocycles. The van der Waals surface area contributed by atoms with E-state index in [1.54, 1.807) is 24.3 Å². The van der Waals surface area contributed by atoms with Gasteiger partial charge < -0.3 is 5.32 Å². The Bertz CT molecular complexity index is 809. The Morgan fingerprint density at radius 2 is 1.56 bits per heavy atom. The Balaban J connectivity index is 1.44. The SMILES string of the molecule is CC(=O)c1ccc(NC(=O)CN2C(=O)[C@@H]3[C@H]4C[C@@H]([C@@H](Br)[C@H]4Br)[C@H]3C2=O)cc1. The van der Waals surface area contributed by atoms with Gasteiger partial charge in [-0.1, -0.05) is 31.9 Å². The first-order valence-electron chi connectivity index (χ1n) is 8.84. The second-order valence-corrected chi connectivity index (χ2v) is 9.56. The molecular weight excluding hydrogens is 480 g/mol. The fourth-order valence-electron chi connectivity index (χ4n) is 4.70. The average Bonchev–Trinajstić information content (AvgIpc) is 3.23. The molecule has 3 fully saturated rings. The molecule has 0 aromatic heterocycles. The number of benzene rings is 1. The Hall–Kier alpha value is -1.54. The van der Waals surface area contributed by atoms with E-state index < -0.39 is 5.91 Å². The number of nitrogens with one attached hydrogen (secondary N) is 1. The number of halogens is 2. The lowest BCUT2D eigenvalue weighted by atomic mass is 9.81. The molecule has 1 heterocycles. The highest BCUT2D eigenvalue weighted by Gasteiger charge is 2.66. The molecule has 6 atom stereocenters. The molecule has 27 heavy (non-hydrogen) atoms. The van der Waals surface area contributed by atoms with Crippen LogP contribution in [0.4, 0.5) is 5.69 Å². The molecule has 3 amide bonds. The van der Waals surface area contributed by atoms with Crippen LogP contribution in [0.2, 0.25) is 0 Å². The molecule has 1 aromatic carbocycles. The summed E-state index contributed by atoms with van der Waals surface area (Å²) in [5, 5.41) is 2.68. The highest BCUT2D eigenvalue weighted by Crippen LogP contribution is 2.60. The van der Waals surface area contributed by atoms with Gasteiger partial charge in [0.15, 0.2) is 5.78 Å². The van der Waals surface area contributed by atoms with Crippen molar-refractivity contribution < 1.29 is 19.2 Å². The van der Waals surface area contributed by atoms with Crippen LogP contribution >= 0.6 is 31.9 Å². The van der Waals surface area contributed by atoms with Crippen molar-refractivity contribution in [3.8, 4) is 0 Å². The monoisotopic (exact) mass is 496 g/mol. The molecule has 6 nitrogen and oxygen atoms in total. The van der Waals surface area contributed by atoms with Gasteiger partial charge >= 0.3 is 0 Å². The first-order chi connectivity index (χ1) is 12.8. The lowest BCUT2D eigenvalue weighted by Crippen LogP contribution is -2.39. The quantitative estimate of drug-likeness (QED) is 0.393. The molecule has 1 saturated heterocycles. The summed E-state index contributed by atoms with van der Waals surface area (Å²) < 4.78 is 0. The third-order valence-electron chi connectivity index (χ3n) is 5.96. The fraction of sp³-hybridized carbons (Fsp3) is 0.474. The van der Waals surface area contributed by atoms with Crippen LogP contribution in [0.1, 0.15) is 23.7 Å². The lowest BCUT2D eigenvalue weighted by Gasteiger charge is -2.28. The molecule has 2 saturated carbocycles. The fourth-order valence-corrected chi connectivity index (χ4v) is 6.57. The maximum Gasteiger partial charge on any atom is 0.244 e. The molecular formula is C19H18Br2N2O4. The number of fused-ring (bicyclic) bond motifs is 5. The van der Waals surface area contributed by atoms with Crippen molar-refractivity contribution in [1.29, 1.82) is 0 Å². The van der Waals surface area contributed by atoms with Crippen molar-refractivity contribution in [2.75, 3.05) is 11.9 Å². The average molecular weight is 498 g/mol. The molecule has 1 aliphatic heterocycles. The molecule has 0 spiro atoms. The van der Waals surface area contributed by atoms with Gasteiger partial charge in [-0.3, -0.25) is 24.1 Å². The summed E-state index contributed by atoms with van der Waals surface area (Å²) in [5.41, 5.74) is 1.07. The van der Waals surface area contributed by atoms with Gasteiger partial charge in [0.25, 0.3) is 0 Å². The van der Waals surface area contributed by atoms with E-state index in [0.717, 1.165) is 11.3 Å². The van der Waals surface area contributed by atoms with Gasteiger partial charge in [0.2, 0.25) is 17.7 Å². The number of hydrogen-bond acceptors (Lipinski definition) is 4. The van der Waals surface area contributed by atoms with Gasteiger partial charge in [-0.25, -0.2) is 0 Å². The van der Waals surface area contributed by atoms with Crippen molar-refractivity contribution in [3.63, 3.8) is 0 Å². The summed E-state index contributed by atoms with van der Waals surface area (Å²) in [5.74, 6) is -1.32. The number of imide groups is 1. The predicted octanol–water partition coefficient (Wildman–Crippen LogP) is 2.61. The number of rotatable bonds is 4. The van der Waals surface area contributed by atoms with Crippen molar-refractivity contribution >= 4 is 61.1 Å². The Labute approximate surface area is 173 Å². The number of carbonyl (C=O) groups is 4. The topological polar surface area (TPSA) is 83.6 Å². The van der Waals surface area contributed by atoms with Crippen LogP contribution in [0, 0.1) is 23.7 Å².